The Kier molecular flexibility index (Phi) is 8.63. The van der Waals surface area contributed by atoms with Gasteiger partial charge in [-0.3, -0.25) is 0 Å². The van der Waals surface area contributed by atoms with Crippen LogP contribution in [0.4, 0.5) is 23.4 Å². The third kappa shape index (κ3) is 6.86. The van der Waals surface area contributed by atoms with Crippen LogP contribution in [-0.2, 0) is 16.4 Å². The average molecular weight is 576 g/mol. The molecule has 0 bridgehead atoms. The molecule has 41 heavy (non-hydrogen) atoms. The number of methoxy groups -OCH3 is 2. The average Bonchev–Trinajstić information content (AvgIpc) is 2.95. The molecule has 0 spiro atoms. The Balaban J connectivity index is 0.000000201. The molecular weight excluding hydrogens is 546 g/mol. The maximum atomic E-state index is 11.9. The zero-order valence-corrected chi connectivity index (χ0v) is 23.4. The van der Waals surface area contributed by atoms with Gasteiger partial charge in [0.25, 0.3) is 10.0 Å². The molecule has 0 saturated carbocycles. The molecule has 5 aromatic rings. The normalized spacial score (nSPS) is 10.9. The molecule has 0 fully saturated rings. The summed E-state index contributed by atoms with van der Waals surface area (Å²) < 4.78 is 36.8. The van der Waals surface area contributed by atoms with Crippen LogP contribution in [0.15, 0.2) is 72.0 Å². The summed E-state index contributed by atoms with van der Waals surface area (Å²) in [6.45, 7) is 1.97. The van der Waals surface area contributed by atoms with Crippen LogP contribution in [0.2, 0.25) is 0 Å². The van der Waals surface area contributed by atoms with E-state index >= 15 is 0 Å². The third-order valence-corrected chi connectivity index (χ3v) is 7.33. The van der Waals surface area contributed by atoms with Gasteiger partial charge in [-0.2, -0.15) is 9.97 Å². The van der Waals surface area contributed by atoms with Gasteiger partial charge >= 0.3 is 0 Å². The second-order valence-corrected chi connectivity index (χ2v) is 10.4. The molecule has 0 amide bonds. The summed E-state index contributed by atoms with van der Waals surface area (Å²) >= 11 is 0. The lowest BCUT2D eigenvalue weighted by Gasteiger charge is -2.13. The number of nitrogen functional groups attached to an aromatic ring is 3. The minimum absolute atomic E-state index is 0.0318. The van der Waals surface area contributed by atoms with E-state index < -0.39 is 10.0 Å². The van der Waals surface area contributed by atoms with Crippen LogP contribution in [0, 0.1) is 6.92 Å². The van der Waals surface area contributed by atoms with Crippen molar-refractivity contribution < 1.29 is 17.9 Å². The van der Waals surface area contributed by atoms with Crippen LogP contribution in [0.5, 0.6) is 11.5 Å². The highest BCUT2D eigenvalue weighted by Crippen LogP contribution is 2.30. The van der Waals surface area contributed by atoms with Crippen molar-refractivity contribution in [1.29, 1.82) is 0 Å². The summed E-state index contributed by atoms with van der Waals surface area (Å²) in [5.41, 5.74) is 21.1. The van der Waals surface area contributed by atoms with Crippen LogP contribution < -0.4 is 31.4 Å². The first-order valence-corrected chi connectivity index (χ1v) is 13.6. The highest BCUT2D eigenvalue weighted by atomic mass is 32.2. The number of nitrogens with zero attached hydrogens (tertiary/aromatic N) is 5. The summed E-state index contributed by atoms with van der Waals surface area (Å²) in [7, 11) is -0.381. The molecule has 2 aromatic carbocycles. The van der Waals surface area contributed by atoms with E-state index in [0.717, 1.165) is 33.6 Å². The lowest BCUT2D eigenvalue weighted by Crippen LogP contribution is -2.14. The van der Waals surface area contributed by atoms with Crippen LogP contribution in [0.3, 0.4) is 0 Å². The number of nitrogens with two attached hydrogens (primary N) is 3. The smallest absolute Gasteiger partial charge is 0.264 e. The molecule has 0 aliphatic carbocycles. The predicted molar refractivity (Wildman–Crippen MR) is 157 cm³/mol. The number of hydrogen-bond donors (Lipinski definition) is 4. The van der Waals surface area contributed by atoms with E-state index in [4.69, 9.17) is 26.7 Å². The first-order chi connectivity index (χ1) is 19.6. The number of sulfonamides is 1. The van der Waals surface area contributed by atoms with Crippen molar-refractivity contribution in [2.45, 2.75) is 18.2 Å². The van der Waals surface area contributed by atoms with Crippen LogP contribution in [0.1, 0.15) is 16.7 Å². The van der Waals surface area contributed by atoms with Gasteiger partial charge in [-0.1, -0.05) is 0 Å². The fourth-order valence-electron chi connectivity index (χ4n) is 3.91. The second-order valence-electron chi connectivity index (χ2n) is 8.68. The number of rotatable bonds is 7. The minimum atomic E-state index is -3.66. The Morgan fingerprint density at radius 2 is 1.59 bits per heavy atom. The van der Waals surface area contributed by atoms with Crippen molar-refractivity contribution in [1.82, 2.24) is 24.9 Å². The molecule has 0 saturated heterocycles. The van der Waals surface area contributed by atoms with E-state index in [9.17, 15) is 8.42 Å². The largest absolute Gasteiger partial charge is 0.497 e. The topological polar surface area (TPSA) is 207 Å². The summed E-state index contributed by atoms with van der Waals surface area (Å²) in [6.07, 6.45) is 5.31. The number of aromatic nitrogens is 5. The van der Waals surface area contributed by atoms with Crippen molar-refractivity contribution >= 4 is 44.5 Å². The SMILES string of the molecule is COc1ccc(OC)c(Cc2cnc3nc(N)nc(N)c3c2C)c1.Nc1ccc(S(=O)(=O)Nc2ncccn2)cc1. The molecule has 0 radical (unpaired) electrons. The quantitative estimate of drug-likeness (QED) is 0.207. The molecule has 5 rings (SSSR count). The molecular formula is C27H29N9O4S. The molecule has 14 heteroatoms. The number of benzene rings is 2. The lowest BCUT2D eigenvalue weighted by atomic mass is 9.99. The van der Waals surface area contributed by atoms with E-state index in [1.54, 1.807) is 26.5 Å². The summed E-state index contributed by atoms with van der Waals surface area (Å²) in [5, 5.41) is 0.726. The maximum absolute atomic E-state index is 11.9. The Labute approximate surface area is 236 Å². The Morgan fingerprint density at radius 3 is 2.24 bits per heavy atom. The van der Waals surface area contributed by atoms with E-state index in [-0.39, 0.29) is 16.8 Å². The molecule has 7 N–H and O–H groups in total. The molecule has 3 aromatic heterocycles. The molecule has 13 nitrogen and oxygen atoms in total. The number of hydrogen-bond acceptors (Lipinski definition) is 12. The van der Waals surface area contributed by atoms with Gasteiger partial charge in [0, 0.05) is 36.3 Å². The maximum Gasteiger partial charge on any atom is 0.264 e. The number of aryl methyl sites for hydroxylation is 1. The van der Waals surface area contributed by atoms with Gasteiger partial charge < -0.3 is 26.7 Å². The minimum Gasteiger partial charge on any atom is -0.497 e. The molecule has 0 unspecified atom stereocenters. The Bertz CT molecular complexity index is 1770. The van der Waals surface area contributed by atoms with E-state index in [1.165, 1.54) is 36.7 Å². The van der Waals surface area contributed by atoms with Crippen LogP contribution >= 0.6 is 0 Å². The molecule has 0 aliphatic heterocycles. The van der Waals surface area contributed by atoms with E-state index in [2.05, 4.69) is 29.6 Å². The van der Waals surface area contributed by atoms with Crippen molar-refractivity contribution in [2.24, 2.45) is 0 Å². The van der Waals surface area contributed by atoms with Crippen molar-refractivity contribution in [3.05, 3.63) is 83.8 Å². The monoisotopic (exact) mass is 575 g/mol. The van der Waals surface area contributed by atoms with Crippen molar-refractivity contribution in [3.63, 3.8) is 0 Å². The third-order valence-electron chi connectivity index (χ3n) is 5.98. The number of nitrogens with one attached hydrogen (secondary N) is 1. The number of anilines is 4. The van der Waals surface area contributed by atoms with E-state index in [0.29, 0.717) is 23.6 Å². The standard InChI is InChI=1S/C17H19N5O2.C10H10N4O2S/c1-9-11(6-10-7-12(23-2)4-5-13(10)24-3)8-20-16-14(9)15(18)21-17(19)22-16;11-8-2-4-9(5-3-8)17(15,16)14-10-12-6-1-7-13-10/h4-5,7-8H,6H2,1-3H3,(H4,18,19,20,21,22);1-7H,11H2,(H,12,13,14). The van der Waals surface area contributed by atoms with Crippen molar-refractivity contribution in [3.8, 4) is 11.5 Å². The highest BCUT2D eigenvalue weighted by molar-refractivity contribution is 7.92. The highest BCUT2D eigenvalue weighted by Gasteiger charge is 2.15. The summed E-state index contributed by atoms with van der Waals surface area (Å²) in [5.74, 6) is 2.05. The predicted octanol–water partition coefficient (Wildman–Crippen LogP) is 2.97. The number of ether oxygens (including phenoxy) is 2. The zero-order valence-electron chi connectivity index (χ0n) is 22.6. The molecule has 3 heterocycles. The van der Waals surface area contributed by atoms with Gasteiger partial charge in [0.1, 0.15) is 17.3 Å². The second kappa shape index (κ2) is 12.3. The molecule has 212 valence electrons. The number of pyridine rings is 1. The Hall–Kier alpha value is -5.24. The van der Waals surface area contributed by atoms with E-state index in [1.807, 2.05) is 25.1 Å². The Morgan fingerprint density at radius 1 is 0.878 bits per heavy atom. The lowest BCUT2D eigenvalue weighted by molar-refractivity contribution is 0.399. The van der Waals surface area contributed by atoms with Gasteiger partial charge in [-0.05, 0) is 66.6 Å². The first kappa shape index (κ1) is 28.8. The van der Waals surface area contributed by atoms with Gasteiger partial charge in [-0.15, -0.1) is 0 Å². The van der Waals surface area contributed by atoms with Crippen LogP contribution in [-0.4, -0.2) is 47.6 Å². The zero-order chi connectivity index (χ0) is 29.6. The van der Waals surface area contributed by atoms with Crippen molar-refractivity contribution in [2.75, 3.05) is 36.1 Å². The number of fused-ring (bicyclic) bond motifs is 1. The van der Waals surface area contributed by atoms with Gasteiger partial charge in [0.2, 0.25) is 11.9 Å². The van der Waals surface area contributed by atoms with Crippen LogP contribution in [0.25, 0.3) is 11.0 Å². The molecule has 0 aliphatic rings. The van der Waals surface area contributed by atoms with Gasteiger partial charge in [-0.25, -0.2) is 28.1 Å². The summed E-state index contributed by atoms with van der Waals surface area (Å²) in [6, 6.07) is 13.2. The summed E-state index contributed by atoms with van der Waals surface area (Å²) in [4.78, 5) is 20.2. The fourth-order valence-corrected chi connectivity index (χ4v) is 4.87. The fraction of sp³-hybridized carbons (Fsp3) is 0.148. The van der Waals surface area contributed by atoms with Gasteiger partial charge in [0.15, 0.2) is 5.65 Å². The molecule has 0 atom stereocenters. The van der Waals surface area contributed by atoms with Gasteiger partial charge in [0.05, 0.1) is 24.5 Å². The first-order valence-electron chi connectivity index (χ1n) is 12.1.